The van der Waals surface area contributed by atoms with E-state index in [9.17, 15) is 13.2 Å². The smallest absolute Gasteiger partial charge is 0.242 e. The Kier molecular flexibility index (Phi) is 5.12. The van der Waals surface area contributed by atoms with Crippen LogP contribution in [0.25, 0.3) is 0 Å². The number of halogens is 1. The van der Waals surface area contributed by atoms with E-state index < -0.39 is 22.0 Å². The van der Waals surface area contributed by atoms with Crippen LogP contribution in [0.4, 0.5) is 5.69 Å². The van der Waals surface area contributed by atoms with Gasteiger partial charge in [0.25, 0.3) is 0 Å². The second-order valence-corrected chi connectivity index (χ2v) is 6.67. The molecule has 0 aliphatic heterocycles. The van der Waals surface area contributed by atoms with Crippen LogP contribution in [0.15, 0.2) is 53.7 Å². The quantitative estimate of drug-likeness (QED) is 0.872. The van der Waals surface area contributed by atoms with Crippen molar-refractivity contribution in [1.29, 1.82) is 0 Å². The highest BCUT2D eigenvalue weighted by molar-refractivity contribution is 7.89. The van der Waals surface area contributed by atoms with Gasteiger partial charge in [-0.1, -0.05) is 11.6 Å². The predicted octanol–water partition coefficient (Wildman–Crippen LogP) is 2.04. The van der Waals surface area contributed by atoms with E-state index in [-0.39, 0.29) is 4.90 Å². The Morgan fingerprint density at radius 3 is 2.32 bits per heavy atom. The Bertz CT molecular complexity index is 749. The van der Waals surface area contributed by atoms with E-state index in [1.54, 1.807) is 12.1 Å². The van der Waals surface area contributed by atoms with E-state index in [0.29, 0.717) is 10.7 Å². The molecule has 0 spiro atoms. The Hall–Kier alpha value is -1.96. The second kappa shape index (κ2) is 6.87. The van der Waals surface area contributed by atoms with E-state index in [1.807, 2.05) is 0 Å². The van der Waals surface area contributed by atoms with Crippen LogP contribution in [-0.4, -0.2) is 25.4 Å². The zero-order valence-corrected chi connectivity index (χ0v) is 13.2. The van der Waals surface area contributed by atoms with Crippen molar-refractivity contribution in [1.82, 2.24) is 9.71 Å². The molecule has 0 bridgehead atoms. The number of rotatable bonds is 5. The maximum absolute atomic E-state index is 12.2. The van der Waals surface area contributed by atoms with Crippen LogP contribution in [0.2, 0.25) is 5.02 Å². The number of nitrogens with zero attached hydrogens (tertiary/aromatic N) is 1. The summed E-state index contributed by atoms with van der Waals surface area (Å²) < 4.78 is 26.6. The zero-order chi connectivity index (χ0) is 16.2. The van der Waals surface area contributed by atoms with Crippen LogP contribution >= 0.6 is 11.6 Å². The SMILES string of the molecule is C[C@H](NS(=O)(=O)c1ccc(Cl)cc1)C(=O)Nc1ccncc1. The standard InChI is InChI=1S/C14H14ClN3O3S/c1-10(14(19)17-12-6-8-16-9-7-12)18-22(20,21)13-4-2-11(15)3-5-13/h2-10,18H,1H3,(H,16,17,19)/t10-/m0/s1. The number of carbonyl (C=O) groups excluding carboxylic acids is 1. The molecule has 22 heavy (non-hydrogen) atoms. The van der Waals surface area contributed by atoms with Gasteiger partial charge in [-0.2, -0.15) is 4.72 Å². The molecule has 0 saturated carbocycles. The predicted molar refractivity (Wildman–Crippen MR) is 84.1 cm³/mol. The molecule has 1 aromatic heterocycles. The first-order chi connectivity index (χ1) is 10.4. The molecule has 1 aromatic carbocycles. The minimum absolute atomic E-state index is 0.0421. The van der Waals surface area contributed by atoms with Gasteiger partial charge in [0.05, 0.1) is 10.9 Å². The molecule has 2 aromatic rings. The molecule has 0 aliphatic rings. The largest absolute Gasteiger partial charge is 0.325 e. The highest BCUT2D eigenvalue weighted by Gasteiger charge is 2.22. The van der Waals surface area contributed by atoms with Crippen molar-refractivity contribution in [3.05, 3.63) is 53.8 Å². The number of aromatic nitrogens is 1. The summed E-state index contributed by atoms with van der Waals surface area (Å²) >= 11 is 5.72. The van der Waals surface area contributed by atoms with E-state index in [2.05, 4.69) is 15.0 Å². The van der Waals surface area contributed by atoms with Gasteiger partial charge in [-0.05, 0) is 43.3 Å². The van der Waals surface area contributed by atoms with Crippen molar-refractivity contribution in [3.63, 3.8) is 0 Å². The fourth-order valence-corrected chi connectivity index (χ4v) is 2.98. The lowest BCUT2D eigenvalue weighted by Crippen LogP contribution is -2.41. The topological polar surface area (TPSA) is 88.2 Å². The summed E-state index contributed by atoms with van der Waals surface area (Å²) in [5.41, 5.74) is 0.539. The number of amides is 1. The normalized spacial score (nSPS) is 12.6. The summed E-state index contributed by atoms with van der Waals surface area (Å²) in [4.78, 5) is 15.9. The number of pyridine rings is 1. The van der Waals surface area contributed by atoms with Gasteiger partial charge in [-0.25, -0.2) is 8.42 Å². The molecule has 0 unspecified atom stereocenters. The molecular weight excluding hydrogens is 326 g/mol. The molecule has 2 N–H and O–H groups in total. The van der Waals surface area contributed by atoms with Gasteiger partial charge < -0.3 is 5.32 Å². The maximum atomic E-state index is 12.2. The number of nitrogens with one attached hydrogen (secondary N) is 2. The third-order valence-electron chi connectivity index (χ3n) is 2.80. The molecule has 6 nitrogen and oxygen atoms in total. The molecule has 0 fully saturated rings. The van der Waals surface area contributed by atoms with Crippen LogP contribution < -0.4 is 10.0 Å². The molecule has 0 aliphatic carbocycles. The average Bonchev–Trinajstić information content (AvgIpc) is 2.48. The summed E-state index contributed by atoms with van der Waals surface area (Å²) in [6, 6.07) is 7.97. The summed E-state index contributed by atoms with van der Waals surface area (Å²) in [5.74, 6) is -0.469. The number of benzene rings is 1. The van der Waals surface area contributed by atoms with E-state index in [4.69, 9.17) is 11.6 Å². The molecule has 0 radical (unpaired) electrons. The van der Waals surface area contributed by atoms with E-state index in [1.165, 1.54) is 43.6 Å². The number of hydrogen-bond donors (Lipinski definition) is 2. The monoisotopic (exact) mass is 339 g/mol. The molecule has 0 saturated heterocycles. The number of sulfonamides is 1. The molecular formula is C14H14ClN3O3S. The second-order valence-electron chi connectivity index (χ2n) is 4.52. The highest BCUT2D eigenvalue weighted by atomic mass is 35.5. The Labute approximate surface area is 133 Å². The van der Waals surface area contributed by atoms with Gasteiger partial charge in [-0.3, -0.25) is 9.78 Å². The van der Waals surface area contributed by atoms with Crippen molar-refractivity contribution in [2.75, 3.05) is 5.32 Å². The first-order valence-electron chi connectivity index (χ1n) is 6.37. The Morgan fingerprint density at radius 2 is 1.73 bits per heavy atom. The van der Waals surface area contributed by atoms with Gasteiger partial charge in [0.15, 0.2) is 0 Å². The Morgan fingerprint density at radius 1 is 1.14 bits per heavy atom. The van der Waals surface area contributed by atoms with Gasteiger partial charge in [0.2, 0.25) is 15.9 Å². The summed E-state index contributed by atoms with van der Waals surface area (Å²) in [5, 5.41) is 3.03. The van der Waals surface area contributed by atoms with Gasteiger partial charge in [0.1, 0.15) is 0 Å². The number of hydrogen-bond acceptors (Lipinski definition) is 4. The minimum Gasteiger partial charge on any atom is -0.325 e. The molecule has 1 amide bonds. The lowest BCUT2D eigenvalue weighted by Gasteiger charge is -2.14. The van der Waals surface area contributed by atoms with Crippen LogP contribution in [0.3, 0.4) is 0 Å². The summed E-state index contributed by atoms with van der Waals surface area (Å²) in [6.07, 6.45) is 3.05. The molecule has 1 atom stereocenters. The summed E-state index contributed by atoms with van der Waals surface area (Å²) in [6.45, 7) is 1.46. The minimum atomic E-state index is -3.80. The fourth-order valence-electron chi connectivity index (χ4n) is 1.65. The average molecular weight is 340 g/mol. The third-order valence-corrected chi connectivity index (χ3v) is 4.61. The van der Waals surface area contributed by atoms with E-state index in [0.717, 1.165) is 0 Å². The van der Waals surface area contributed by atoms with Crippen molar-refractivity contribution in [3.8, 4) is 0 Å². The first kappa shape index (κ1) is 16.4. The first-order valence-corrected chi connectivity index (χ1v) is 8.23. The van der Waals surface area contributed by atoms with Crippen molar-refractivity contribution in [2.24, 2.45) is 0 Å². The van der Waals surface area contributed by atoms with Gasteiger partial charge in [0, 0.05) is 23.1 Å². The number of carbonyl (C=O) groups is 1. The van der Waals surface area contributed by atoms with Crippen molar-refractivity contribution >= 4 is 33.2 Å². The molecule has 116 valence electrons. The molecule has 8 heteroatoms. The lowest BCUT2D eigenvalue weighted by atomic mass is 10.3. The highest BCUT2D eigenvalue weighted by Crippen LogP contribution is 2.14. The van der Waals surface area contributed by atoms with Crippen LogP contribution in [0.5, 0.6) is 0 Å². The number of anilines is 1. The van der Waals surface area contributed by atoms with Gasteiger partial charge >= 0.3 is 0 Å². The maximum Gasteiger partial charge on any atom is 0.242 e. The lowest BCUT2D eigenvalue weighted by molar-refractivity contribution is -0.117. The van der Waals surface area contributed by atoms with Crippen LogP contribution in [0, 0.1) is 0 Å². The fraction of sp³-hybridized carbons (Fsp3) is 0.143. The zero-order valence-electron chi connectivity index (χ0n) is 11.7. The van der Waals surface area contributed by atoms with Crippen LogP contribution in [-0.2, 0) is 14.8 Å². The Balaban J connectivity index is 2.05. The van der Waals surface area contributed by atoms with Gasteiger partial charge in [-0.15, -0.1) is 0 Å². The third kappa shape index (κ3) is 4.27. The van der Waals surface area contributed by atoms with Crippen LogP contribution in [0.1, 0.15) is 6.92 Å². The van der Waals surface area contributed by atoms with Crippen molar-refractivity contribution < 1.29 is 13.2 Å². The van der Waals surface area contributed by atoms with E-state index >= 15 is 0 Å². The summed E-state index contributed by atoms with van der Waals surface area (Å²) in [7, 11) is -3.80. The molecule has 2 rings (SSSR count). The molecule has 1 heterocycles. The van der Waals surface area contributed by atoms with Crippen molar-refractivity contribution in [2.45, 2.75) is 17.9 Å².